The minimum atomic E-state index is -0.623. The highest BCUT2D eigenvalue weighted by Crippen LogP contribution is 2.36. The van der Waals surface area contributed by atoms with E-state index >= 15 is 0 Å². The lowest BCUT2D eigenvalue weighted by atomic mass is 9.74. The molecule has 2 aliphatic heterocycles. The van der Waals surface area contributed by atoms with Gasteiger partial charge in [-0.3, -0.25) is 19.4 Å². The number of allylic oxidation sites excluding steroid dienone is 1. The Balaban J connectivity index is 1.44. The Morgan fingerprint density at radius 2 is 1.88 bits per heavy atom. The van der Waals surface area contributed by atoms with Gasteiger partial charge in [-0.05, 0) is 31.4 Å². The van der Waals surface area contributed by atoms with E-state index in [0.29, 0.717) is 62.4 Å². The molecule has 9 heteroatoms. The number of piperidine rings is 1. The van der Waals surface area contributed by atoms with Gasteiger partial charge >= 0.3 is 0 Å². The summed E-state index contributed by atoms with van der Waals surface area (Å²) in [6.07, 6.45) is 9.87. The highest BCUT2D eigenvalue weighted by molar-refractivity contribution is 5.97. The fraction of sp³-hybridized carbons (Fsp3) is 0.375. The first-order valence-corrected chi connectivity index (χ1v) is 11.1. The van der Waals surface area contributed by atoms with E-state index < -0.39 is 5.41 Å². The fourth-order valence-corrected chi connectivity index (χ4v) is 4.17. The zero-order valence-corrected chi connectivity index (χ0v) is 18.3. The molecular formula is C24H27N5O4. The number of hydrogen-bond donors (Lipinski definition) is 2. The Morgan fingerprint density at radius 3 is 2.67 bits per heavy atom. The summed E-state index contributed by atoms with van der Waals surface area (Å²) in [6, 6.07) is 7.04. The van der Waals surface area contributed by atoms with E-state index in [9.17, 15) is 14.4 Å². The van der Waals surface area contributed by atoms with Crippen molar-refractivity contribution in [2.24, 2.45) is 5.41 Å². The second-order valence-corrected chi connectivity index (χ2v) is 8.15. The van der Waals surface area contributed by atoms with Gasteiger partial charge in [0, 0.05) is 32.0 Å². The topological polar surface area (TPSA) is 114 Å². The summed E-state index contributed by atoms with van der Waals surface area (Å²) in [6.45, 7) is 1.83. The predicted octanol–water partition coefficient (Wildman–Crippen LogP) is 1.58. The molecule has 0 saturated carbocycles. The van der Waals surface area contributed by atoms with Crippen LogP contribution in [0.5, 0.6) is 5.75 Å². The molecule has 2 aromatic rings. The van der Waals surface area contributed by atoms with Gasteiger partial charge in [-0.15, -0.1) is 0 Å². The quantitative estimate of drug-likeness (QED) is 0.639. The third kappa shape index (κ3) is 5.19. The normalized spacial score (nSPS) is 19.9. The van der Waals surface area contributed by atoms with Gasteiger partial charge in [0.1, 0.15) is 18.1 Å². The minimum Gasteiger partial charge on any atom is -0.491 e. The summed E-state index contributed by atoms with van der Waals surface area (Å²) in [4.78, 5) is 48.2. The Hall–Kier alpha value is -3.75. The van der Waals surface area contributed by atoms with Gasteiger partial charge in [-0.25, -0.2) is 4.98 Å². The van der Waals surface area contributed by atoms with Crippen molar-refractivity contribution in [1.82, 2.24) is 25.5 Å². The van der Waals surface area contributed by atoms with Gasteiger partial charge in [-0.1, -0.05) is 24.3 Å². The molecule has 9 nitrogen and oxygen atoms in total. The van der Waals surface area contributed by atoms with Gasteiger partial charge in [-0.2, -0.15) is 0 Å². The lowest BCUT2D eigenvalue weighted by Crippen LogP contribution is -2.50. The molecule has 0 atom stereocenters. The van der Waals surface area contributed by atoms with Gasteiger partial charge in [0.25, 0.3) is 11.8 Å². The predicted molar refractivity (Wildman–Crippen MR) is 121 cm³/mol. The molecule has 0 unspecified atom stereocenters. The number of nitrogens with one attached hydrogen (secondary N) is 2. The summed E-state index contributed by atoms with van der Waals surface area (Å²) in [7, 11) is 0. The average molecular weight is 450 g/mol. The first-order valence-electron chi connectivity index (χ1n) is 11.1. The number of carbonyl (C=O) groups excluding carboxylic acids is 3. The first-order chi connectivity index (χ1) is 16.1. The molecule has 0 aliphatic carbocycles. The first kappa shape index (κ1) is 22.4. The zero-order chi connectivity index (χ0) is 23.1. The van der Waals surface area contributed by atoms with Crippen molar-refractivity contribution < 1.29 is 19.1 Å². The van der Waals surface area contributed by atoms with Crippen LogP contribution in [0.2, 0.25) is 0 Å². The van der Waals surface area contributed by atoms with E-state index in [4.69, 9.17) is 4.74 Å². The minimum absolute atomic E-state index is 0.0447. The van der Waals surface area contributed by atoms with Crippen LogP contribution in [0.1, 0.15) is 40.1 Å². The lowest BCUT2D eigenvalue weighted by Gasteiger charge is -2.40. The Bertz CT molecular complexity index is 1030. The van der Waals surface area contributed by atoms with Crippen LogP contribution in [0.4, 0.5) is 0 Å². The van der Waals surface area contributed by atoms with E-state index in [1.165, 1.54) is 18.6 Å². The summed E-state index contributed by atoms with van der Waals surface area (Å²) in [5.41, 5.74) is 0.143. The van der Waals surface area contributed by atoms with Crippen LogP contribution in [0, 0.1) is 5.41 Å². The van der Waals surface area contributed by atoms with E-state index in [2.05, 4.69) is 20.6 Å². The SMILES string of the molecule is O=C1NC/C=C/CC2(CCN(C(=O)c3cnccn3)CC2)C(=O)NCCOc2ccccc21. The maximum atomic E-state index is 13.2. The smallest absolute Gasteiger partial charge is 0.274 e. The lowest BCUT2D eigenvalue weighted by molar-refractivity contribution is -0.133. The molecule has 3 amide bonds. The van der Waals surface area contributed by atoms with Crippen molar-refractivity contribution in [3.05, 3.63) is 66.3 Å². The molecule has 2 N–H and O–H groups in total. The van der Waals surface area contributed by atoms with Crippen molar-refractivity contribution in [3.63, 3.8) is 0 Å². The summed E-state index contributed by atoms with van der Waals surface area (Å²) >= 11 is 0. The molecule has 3 heterocycles. The Morgan fingerprint density at radius 1 is 1.06 bits per heavy atom. The van der Waals surface area contributed by atoms with Gasteiger partial charge in [0.15, 0.2) is 0 Å². The van der Waals surface area contributed by atoms with Crippen LogP contribution < -0.4 is 15.4 Å². The number of hydrogen-bond acceptors (Lipinski definition) is 6. The van der Waals surface area contributed by atoms with Crippen molar-refractivity contribution in [2.75, 3.05) is 32.8 Å². The van der Waals surface area contributed by atoms with Gasteiger partial charge in [0.2, 0.25) is 5.91 Å². The number of rotatable bonds is 1. The van der Waals surface area contributed by atoms with Crippen LogP contribution in [0.25, 0.3) is 0 Å². The molecule has 0 bridgehead atoms. The number of nitrogens with zero attached hydrogens (tertiary/aromatic N) is 3. The van der Waals surface area contributed by atoms with Crippen LogP contribution in [-0.4, -0.2) is 65.4 Å². The largest absolute Gasteiger partial charge is 0.491 e. The summed E-state index contributed by atoms with van der Waals surface area (Å²) in [5.74, 6) is 0.0547. The second-order valence-electron chi connectivity index (χ2n) is 8.15. The molecule has 172 valence electrons. The second kappa shape index (κ2) is 10.2. The fourth-order valence-electron chi connectivity index (χ4n) is 4.17. The van der Waals surface area contributed by atoms with Crippen molar-refractivity contribution >= 4 is 17.7 Å². The number of para-hydroxylation sites is 1. The third-order valence-corrected chi connectivity index (χ3v) is 6.10. The third-order valence-electron chi connectivity index (χ3n) is 6.10. The average Bonchev–Trinajstić information content (AvgIpc) is 2.86. The molecule has 1 aromatic heterocycles. The number of carbonyl (C=O) groups is 3. The van der Waals surface area contributed by atoms with Crippen LogP contribution in [-0.2, 0) is 4.79 Å². The van der Waals surface area contributed by atoms with Gasteiger partial charge in [0.05, 0.1) is 23.7 Å². The highest BCUT2D eigenvalue weighted by Gasteiger charge is 2.41. The van der Waals surface area contributed by atoms with E-state index in [-0.39, 0.29) is 24.3 Å². The zero-order valence-electron chi connectivity index (χ0n) is 18.3. The van der Waals surface area contributed by atoms with E-state index in [0.717, 1.165) is 0 Å². The van der Waals surface area contributed by atoms with Crippen molar-refractivity contribution in [1.29, 1.82) is 0 Å². The maximum absolute atomic E-state index is 13.2. The number of aromatic nitrogens is 2. The standard InChI is InChI=1S/C24H27N5O4/c30-21-18-5-1-2-6-20(18)33-16-13-28-23(32)24(7-3-4-10-27-21)8-14-29(15-9-24)22(31)19-17-25-11-12-26-19/h1-6,11-12,17H,7-10,13-16H2,(H,27,30)(H,28,32)/b4-3+. The summed E-state index contributed by atoms with van der Waals surface area (Å²) < 4.78 is 5.77. The molecular weight excluding hydrogens is 422 g/mol. The monoisotopic (exact) mass is 449 g/mol. The van der Waals surface area contributed by atoms with Crippen molar-refractivity contribution in [3.8, 4) is 5.75 Å². The molecule has 4 rings (SSSR count). The van der Waals surface area contributed by atoms with Gasteiger partial charge < -0.3 is 20.3 Å². The Kier molecular flexibility index (Phi) is 6.97. The molecule has 1 aromatic carbocycles. The van der Waals surface area contributed by atoms with Crippen LogP contribution in [0.15, 0.2) is 55.0 Å². The highest BCUT2D eigenvalue weighted by atomic mass is 16.5. The molecule has 1 fully saturated rings. The maximum Gasteiger partial charge on any atom is 0.274 e. The molecule has 1 spiro atoms. The molecule has 2 aliphatic rings. The number of benzene rings is 1. The van der Waals surface area contributed by atoms with Crippen LogP contribution in [0.3, 0.4) is 0 Å². The summed E-state index contributed by atoms with van der Waals surface area (Å²) in [5, 5.41) is 5.85. The van der Waals surface area contributed by atoms with E-state index in [1.54, 1.807) is 29.2 Å². The molecule has 1 saturated heterocycles. The number of ether oxygens (including phenoxy) is 1. The number of fused-ring (bicyclic) bond motifs is 1. The van der Waals surface area contributed by atoms with Crippen molar-refractivity contribution in [2.45, 2.75) is 19.3 Å². The van der Waals surface area contributed by atoms with E-state index in [1.807, 2.05) is 12.2 Å². The Labute approximate surface area is 192 Å². The van der Waals surface area contributed by atoms with Crippen LogP contribution >= 0.6 is 0 Å². The molecule has 0 radical (unpaired) electrons. The number of amides is 3. The molecule has 33 heavy (non-hydrogen) atoms. The number of likely N-dealkylation sites (tertiary alicyclic amines) is 1.